The number of benzene rings is 1. The van der Waals surface area contributed by atoms with Crippen LogP contribution >= 0.6 is 31.9 Å². The van der Waals surface area contributed by atoms with Crippen molar-refractivity contribution in [3.05, 3.63) is 91.9 Å². The van der Waals surface area contributed by atoms with Gasteiger partial charge in [-0.2, -0.15) is 0 Å². The number of methoxy groups -OCH3 is 1. The first-order chi connectivity index (χ1) is 18.2. The number of nitrogens with zero attached hydrogens (tertiary/aromatic N) is 2. The maximum absolute atomic E-state index is 12.0. The molecule has 1 aromatic carbocycles. The first-order valence-electron chi connectivity index (χ1n) is 12.2. The normalized spacial score (nSPS) is 14.0. The Morgan fingerprint density at radius 2 is 1.63 bits per heavy atom. The van der Waals surface area contributed by atoms with Crippen LogP contribution < -0.4 is 0 Å². The molecule has 8 bridgehead atoms. The highest BCUT2D eigenvalue weighted by Crippen LogP contribution is 2.35. The molecule has 6 rings (SSSR count). The Morgan fingerprint density at radius 3 is 2.39 bits per heavy atom. The van der Waals surface area contributed by atoms with E-state index >= 15 is 0 Å². The van der Waals surface area contributed by atoms with Crippen LogP contribution in [0.15, 0.2) is 63.5 Å². The Balaban J connectivity index is 1.69. The quantitative estimate of drug-likeness (QED) is 0.193. The molecule has 0 amide bonds. The highest BCUT2D eigenvalue weighted by molar-refractivity contribution is 9.11. The third-order valence-corrected chi connectivity index (χ3v) is 8.19. The molecular formula is C30H24Br2N4O2. The van der Waals surface area contributed by atoms with Crippen molar-refractivity contribution in [1.82, 2.24) is 19.9 Å². The topological polar surface area (TPSA) is 83.7 Å². The van der Waals surface area contributed by atoms with Gasteiger partial charge in [0.05, 0.1) is 35.1 Å². The lowest BCUT2D eigenvalue weighted by Gasteiger charge is -2.15. The van der Waals surface area contributed by atoms with Crippen molar-refractivity contribution < 1.29 is 9.53 Å². The molecule has 0 saturated carbocycles. The Bertz CT molecular complexity index is 1800. The number of carbonyl (C=O) groups excluding carboxylic acids is 1. The molecule has 8 heteroatoms. The van der Waals surface area contributed by atoms with E-state index in [4.69, 9.17) is 14.7 Å². The zero-order valence-corrected chi connectivity index (χ0v) is 24.2. The van der Waals surface area contributed by atoms with Crippen LogP contribution in [0.2, 0.25) is 0 Å². The molecule has 6 nitrogen and oxygen atoms in total. The summed E-state index contributed by atoms with van der Waals surface area (Å²) in [6, 6.07) is 17.8. The zero-order chi connectivity index (χ0) is 26.6. The second-order valence-electron chi connectivity index (χ2n) is 10.1. The van der Waals surface area contributed by atoms with Gasteiger partial charge in [-0.05, 0) is 92.0 Å². The number of hydrogen-bond donors (Lipinski definition) is 2. The number of carbonyl (C=O) groups is 1. The van der Waals surface area contributed by atoms with E-state index in [0.29, 0.717) is 5.56 Å². The maximum atomic E-state index is 12.0. The molecule has 0 unspecified atom stereocenters. The van der Waals surface area contributed by atoms with Gasteiger partial charge in [0.2, 0.25) is 0 Å². The molecule has 0 fully saturated rings. The van der Waals surface area contributed by atoms with Gasteiger partial charge in [0, 0.05) is 48.8 Å². The van der Waals surface area contributed by atoms with Crippen molar-refractivity contribution in [2.45, 2.75) is 25.7 Å². The van der Waals surface area contributed by atoms with Crippen LogP contribution in [0.3, 0.4) is 0 Å². The molecule has 2 N–H and O–H groups in total. The average Bonchev–Trinajstić information content (AvgIpc) is 3.63. The molecule has 3 aromatic heterocycles. The van der Waals surface area contributed by atoms with E-state index in [1.165, 1.54) is 7.11 Å². The molecular weight excluding hydrogens is 608 g/mol. The lowest BCUT2D eigenvalue weighted by molar-refractivity contribution is 0.0600. The summed E-state index contributed by atoms with van der Waals surface area (Å²) in [6.07, 6.45) is 4.85. The minimum absolute atomic E-state index is 0.0937. The molecule has 0 spiro atoms. The van der Waals surface area contributed by atoms with E-state index in [9.17, 15) is 4.79 Å². The zero-order valence-electron chi connectivity index (χ0n) is 21.0. The lowest BCUT2D eigenvalue weighted by atomic mass is 9.87. The van der Waals surface area contributed by atoms with Gasteiger partial charge in [0.25, 0.3) is 0 Å². The Labute approximate surface area is 236 Å². The summed E-state index contributed by atoms with van der Waals surface area (Å²) < 4.78 is 6.78. The largest absolute Gasteiger partial charge is 0.465 e. The third-order valence-electron chi connectivity index (χ3n) is 6.87. The fourth-order valence-electron chi connectivity index (χ4n) is 4.92. The van der Waals surface area contributed by atoms with E-state index in [0.717, 1.165) is 71.3 Å². The maximum Gasteiger partial charge on any atom is 0.337 e. The van der Waals surface area contributed by atoms with Gasteiger partial charge in [-0.1, -0.05) is 26.0 Å². The molecule has 2 aliphatic rings. The first kappa shape index (κ1) is 24.8. The van der Waals surface area contributed by atoms with Crippen LogP contribution in [0.5, 0.6) is 0 Å². The summed E-state index contributed by atoms with van der Waals surface area (Å²) >= 11 is 7.45. The van der Waals surface area contributed by atoms with Gasteiger partial charge < -0.3 is 14.7 Å². The standard InChI is InChI=1S/C30H24Br2N4O2/c1-30(2)15-20-12-25-22(32)14-26(36-25)28(16-4-6-17(7-5-16)29(37)38-3)23-9-8-18(33-23)11-24-21(31)10-19(34-24)13-27(30)35-20/h4-14,34,36H,15H2,1-3H3. The van der Waals surface area contributed by atoms with Crippen LogP contribution in [0, 0.1) is 0 Å². The molecule has 0 aliphatic carbocycles. The van der Waals surface area contributed by atoms with Crippen LogP contribution in [-0.2, 0) is 16.6 Å². The predicted molar refractivity (Wildman–Crippen MR) is 159 cm³/mol. The summed E-state index contributed by atoms with van der Waals surface area (Å²) in [4.78, 5) is 29.1. The number of esters is 1. The minimum Gasteiger partial charge on any atom is -0.465 e. The molecule has 38 heavy (non-hydrogen) atoms. The fraction of sp³-hybridized carbons (Fsp3) is 0.167. The highest BCUT2D eigenvalue weighted by atomic mass is 79.9. The van der Waals surface area contributed by atoms with Gasteiger partial charge in [-0.15, -0.1) is 0 Å². The van der Waals surface area contributed by atoms with Crippen molar-refractivity contribution in [2.75, 3.05) is 7.11 Å². The molecule has 0 saturated heterocycles. The second kappa shape index (κ2) is 9.36. The third kappa shape index (κ3) is 4.52. The summed E-state index contributed by atoms with van der Waals surface area (Å²) in [5, 5.41) is 0. The number of aromatic amines is 2. The number of hydrogen-bond acceptors (Lipinski definition) is 4. The summed E-state index contributed by atoms with van der Waals surface area (Å²) in [5.41, 5.74) is 9.71. The van der Waals surface area contributed by atoms with Crippen LogP contribution in [0.25, 0.3) is 45.3 Å². The van der Waals surface area contributed by atoms with Gasteiger partial charge in [-0.3, -0.25) is 4.98 Å². The Morgan fingerprint density at radius 1 is 0.895 bits per heavy atom. The van der Waals surface area contributed by atoms with Gasteiger partial charge >= 0.3 is 5.97 Å². The highest BCUT2D eigenvalue weighted by Gasteiger charge is 2.28. The Hall–Kier alpha value is -3.49. The number of rotatable bonds is 2. The minimum atomic E-state index is -0.369. The second-order valence-corrected chi connectivity index (χ2v) is 11.8. The van der Waals surface area contributed by atoms with E-state index in [-0.39, 0.29) is 11.4 Å². The first-order valence-corrected chi connectivity index (χ1v) is 13.8. The van der Waals surface area contributed by atoms with Gasteiger partial charge in [0.1, 0.15) is 0 Å². The van der Waals surface area contributed by atoms with Gasteiger partial charge in [0.15, 0.2) is 0 Å². The molecule has 190 valence electrons. The van der Waals surface area contributed by atoms with Crippen molar-refractivity contribution in [3.8, 4) is 11.1 Å². The van der Waals surface area contributed by atoms with Crippen LogP contribution in [0.1, 0.15) is 47.0 Å². The SMILES string of the molecule is COC(=O)c1ccc(-c2c3nc(cc4[nH]c(cc5nc(cc6[nH]c2cc6Br)CC5(C)C)cc4Br)C=C3)cc1. The van der Waals surface area contributed by atoms with Crippen molar-refractivity contribution in [3.63, 3.8) is 0 Å². The Kier molecular flexibility index (Phi) is 6.12. The van der Waals surface area contributed by atoms with E-state index in [2.05, 4.69) is 79.9 Å². The molecule has 2 aliphatic heterocycles. The van der Waals surface area contributed by atoms with Crippen LogP contribution in [0.4, 0.5) is 0 Å². The number of fused-ring (bicyclic) bond motifs is 8. The monoisotopic (exact) mass is 630 g/mol. The summed E-state index contributed by atoms with van der Waals surface area (Å²) in [7, 11) is 1.38. The molecule has 4 aromatic rings. The average molecular weight is 632 g/mol. The number of nitrogens with one attached hydrogen (secondary N) is 2. The lowest BCUT2D eigenvalue weighted by Crippen LogP contribution is -2.14. The van der Waals surface area contributed by atoms with Crippen molar-refractivity contribution in [1.29, 1.82) is 0 Å². The predicted octanol–water partition coefficient (Wildman–Crippen LogP) is 7.98. The summed E-state index contributed by atoms with van der Waals surface area (Å²) in [5.74, 6) is -0.369. The van der Waals surface area contributed by atoms with Crippen molar-refractivity contribution in [2.24, 2.45) is 0 Å². The number of H-pyrrole nitrogens is 2. The number of halogens is 2. The van der Waals surface area contributed by atoms with E-state index in [1.807, 2.05) is 30.4 Å². The fourth-order valence-corrected chi connectivity index (χ4v) is 5.83. The summed E-state index contributed by atoms with van der Waals surface area (Å²) in [6.45, 7) is 4.44. The van der Waals surface area contributed by atoms with E-state index < -0.39 is 0 Å². The van der Waals surface area contributed by atoms with Gasteiger partial charge in [-0.25, -0.2) is 9.78 Å². The smallest absolute Gasteiger partial charge is 0.337 e. The molecule has 0 atom stereocenters. The van der Waals surface area contributed by atoms with Crippen LogP contribution in [-0.4, -0.2) is 33.0 Å². The van der Waals surface area contributed by atoms with Crippen molar-refractivity contribution >= 4 is 72.0 Å². The number of aromatic nitrogens is 4. The van der Waals surface area contributed by atoms with E-state index in [1.54, 1.807) is 12.1 Å². The molecule has 0 radical (unpaired) electrons. The molecule has 5 heterocycles. The number of ether oxygens (including phenoxy) is 1.